The van der Waals surface area contributed by atoms with Crippen molar-refractivity contribution in [1.29, 1.82) is 0 Å². The summed E-state index contributed by atoms with van der Waals surface area (Å²) in [5, 5.41) is 0. The third-order valence-corrected chi connectivity index (χ3v) is 3.63. The average Bonchev–Trinajstić information content (AvgIpc) is 2.79. The Balaban J connectivity index is 1.91. The number of nitrogens with zero attached hydrogens (tertiary/aromatic N) is 1. The lowest BCUT2D eigenvalue weighted by Crippen LogP contribution is -2.30. The Morgan fingerprint density at radius 2 is 2.25 bits per heavy atom. The molecule has 0 N–H and O–H groups in total. The van der Waals surface area contributed by atoms with Crippen LogP contribution in [0.5, 0.6) is 0 Å². The van der Waals surface area contributed by atoms with E-state index in [-0.39, 0.29) is 11.9 Å². The van der Waals surface area contributed by atoms with Crippen LogP contribution in [0.2, 0.25) is 0 Å². The Kier molecular flexibility index (Phi) is 3.44. The van der Waals surface area contributed by atoms with Crippen LogP contribution in [0.25, 0.3) is 5.57 Å². The predicted molar refractivity (Wildman–Crippen MR) is 73.1 cm³/mol. The van der Waals surface area contributed by atoms with Crippen molar-refractivity contribution in [3.63, 3.8) is 0 Å². The zero-order valence-corrected chi connectivity index (χ0v) is 11.3. The van der Waals surface area contributed by atoms with Crippen molar-refractivity contribution >= 4 is 17.4 Å². The first-order valence-electron chi connectivity index (χ1n) is 6.69. The lowest BCUT2D eigenvalue weighted by atomic mass is 10.0. The summed E-state index contributed by atoms with van der Waals surface area (Å²) in [5.74, 6) is -0.317. The maximum atomic E-state index is 14.3. The first-order chi connectivity index (χ1) is 9.66. The van der Waals surface area contributed by atoms with Gasteiger partial charge in [-0.3, -0.25) is 4.90 Å². The van der Waals surface area contributed by atoms with Gasteiger partial charge in [0.25, 0.3) is 0 Å². The van der Waals surface area contributed by atoms with Crippen molar-refractivity contribution < 1.29 is 18.7 Å². The fourth-order valence-corrected chi connectivity index (χ4v) is 2.56. The van der Waals surface area contributed by atoms with E-state index in [1.54, 1.807) is 12.1 Å². The smallest absolute Gasteiger partial charge is 0.414 e. The zero-order valence-electron chi connectivity index (χ0n) is 11.3. The number of halogens is 1. The van der Waals surface area contributed by atoms with Crippen molar-refractivity contribution in [3.8, 4) is 0 Å². The van der Waals surface area contributed by atoms with E-state index in [0.29, 0.717) is 37.5 Å². The molecule has 0 bridgehead atoms. The van der Waals surface area contributed by atoms with Crippen LogP contribution in [0.3, 0.4) is 0 Å². The fraction of sp³-hybridized carbons (Fsp3) is 0.400. The molecular formula is C15H16FNO3. The number of anilines is 1. The normalized spacial score (nSPS) is 22.7. The molecule has 1 saturated heterocycles. The third-order valence-electron chi connectivity index (χ3n) is 3.63. The second kappa shape index (κ2) is 5.25. The lowest BCUT2D eigenvalue weighted by molar-refractivity contribution is 0.161. The van der Waals surface area contributed by atoms with E-state index in [1.165, 1.54) is 11.0 Å². The highest BCUT2D eigenvalue weighted by molar-refractivity contribution is 5.90. The van der Waals surface area contributed by atoms with Crippen molar-refractivity contribution in [2.24, 2.45) is 0 Å². The van der Waals surface area contributed by atoms with E-state index in [1.807, 2.05) is 13.0 Å². The molecule has 2 aliphatic heterocycles. The Bertz CT molecular complexity index is 570. The van der Waals surface area contributed by atoms with Crippen LogP contribution >= 0.6 is 0 Å². The van der Waals surface area contributed by atoms with Crippen LogP contribution in [0, 0.1) is 5.82 Å². The number of hydrogen-bond acceptors (Lipinski definition) is 3. The lowest BCUT2D eigenvalue weighted by Gasteiger charge is -2.20. The van der Waals surface area contributed by atoms with E-state index in [4.69, 9.17) is 9.47 Å². The summed E-state index contributed by atoms with van der Waals surface area (Å²) in [4.78, 5) is 13.1. The quantitative estimate of drug-likeness (QED) is 0.834. The number of cyclic esters (lactones) is 1. The van der Waals surface area contributed by atoms with E-state index < -0.39 is 6.09 Å². The van der Waals surface area contributed by atoms with Crippen LogP contribution in [-0.2, 0) is 9.47 Å². The average molecular weight is 277 g/mol. The highest BCUT2D eigenvalue weighted by Crippen LogP contribution is 2.29. The van der Waals surface area contributed by atoms with Crippen molar-refractivity contribution in [2.45, 2.75) is 19.4 Å². The highest BCUT2D eigenvalue weighted by atomic mass is 19.1. The van der Waals surface area contributed by atoms with Gasteiger partial charge in [0.05, 0.1) is 24.9 Å². The molecule has 0 aliphatic carbocycles. The zero-order chi connectivity index (χ0) is 14.1. The molecule has 3 rings (SSSR count). The number of carbonyl (C=O) groups excluding carboxylic acids is 1. The van der Waals surface area contributed by atoms with E-state index >= 15 is 0 Å². The minimum atomic E-state index is -0.421. The molecule has 2 heterocycles. The van der Waals surface area contributed by atoms with E-state index in [2.05, 4.69) is 0 Å². The molecule has 0 spiro atoms. The molecule has 0 saturated carbocycles. The summed E-state index contributed by atoms with van der Waals surface area (Å²) < 4.78 is 24.5. The third kappa shape index (κ3) is 2.29. The number of amides is 1. The first kappa shape index (κ1) is 13.1. The van der Waals surface area contributed by atoms with Gasteiger partial charge in [-0.05, 0) is 37.1 Å². The van der Waals surface area contributed by atoms with Gasteiger partial charge in [-0.2, -0.15) is 0 Å². The SMILES string of the molecule is CC1COC(=O)N1c1ccc(C2=CCOCC2)c(F)c1. The summed E-state index contributed by atoms with van der Waals surface area (Å²) in [7, 11) is 0. The molecule has 0 radical (unpaired) electrons. The maximum absolute atomic E-state index is 14.3. The van der Waals surface area contributed by atoms with E-state index in [9.17, 15) is 9.18 Å². The number of hydrogen-bond donors (Lipinski definition) is 0. The summed E-state index contributed by atoms with van der Waals surface area (Å²) in [6, 6.07) is 4.81. The molecule has 1 unspecified atom stereocenters. The summed E-state index contributed by atoms with van der Waals surface area (Å²) >= 11 is 0. The van der Waals surface area contributed by atoms with Crippen LogP contribution in [0.15, 0.2) is 24.3 Å². The predicted octanol–water partition coefficient (Wildman–Crippen LogP) is 2.97. The minimum absolute atomic E-state index is 0.0740. The molecule has 20 heavy (non-hydrogen) atoms. The molecule has 106 valence electrons. The molecular weight excluding hydrogens is 261 g/mol. The van der Waals surface area contributed by atoms with Crippen LogP contribution in [0.1, 0.15) is 18.9 Å². The summed E-state index contributed by atoms with van der Waals surface area (Å²) in [6.07, 6.45) is 2.18. The molecule has 2 aliphatic rings. The van der Waals surface area contributed by atoms with Crippen LogP contribution < -0.4 is 4.90 Å². The van der Waals surface area contributed by atoms with Crippen molar-refractivity contribution in [1.82, 2.24) is 0 Å². The van der Waals surface area contributed by atoms with Gasteiger partial charge in [-0.15, -0.1) is 0 Å². The summed E-state index contributed by atoms with van der Waals surface area (Å²) in [6.45, 7) is 3.34. The molecule has 1 aromatic rings. The topological polar surface area (TPSA) is 38.8 Å². The minimum Gasteiger partial charge on any atom is -0.447 e. The summed E-state index contributed by atoms with van der Waals surface area (Å²) in [5.41, 5.74) is 2.07. The van der Waals surface area contributed by atoms with Crippen molar-refractivity contribution in [3.05, 3.63) is 35.7 Å². The molecule has 1 fully saturated rings. The number of carbonyl (C=O) groups is 1. The van der Waals surface area contributed by atoms with Gasteiger partial charge in [0, 0.05) is 5.56 Å². The van der Waals surface area contributed by atoms with Gasteiger partial charge in [-0.1, -0.05) is 6.08 Å². The molecule has 0 aromatic heterocycles. The van der Waals surface area contributed by atoms with Gasteiger partial charge in [0.1, 0.15) is 12.4 Å². The van der Waals surface area contributed by atoms with Crippen molar-refractivity contribution in [2.75, 3.05) is 24.7 Å². The Morgan fingerprint density at radius 3 is 2.85 bits per heavy atom. The van der Waals surface area contributed by atoms with Gasteiger partial charge < -0.3 is 9.47 Å². The van der Waals surface area contributed by atoms with Gasteiger partial charge >= 0.3 is 6.09 Å². The largest absolute Gasteiger partial charge is 0.447 e. The molecule has 4 nitrogen and oxygen atoms in total. The van der Waals surface area contributed by atoms with Gasteiger partial charge in [-0.25, -0.2) is 9.18 Å². The Hall–Kier alpha value is -1.88. The van der Waals surface area contributed by atoms with Gasteiger partial charge in [0.2, 0.25) is 0 Å². The van der Waals surface area contributed by atoms with Crippen LogP contribution in [0.4, 0.5) is 14.9 Å². The highest BCUT2D eigenvalue weighted by Gasteiger charge is 2.31. The fourth-order valence-electron chi connectivity index (χ4n) is 2.56. The first-order valence-corrected chi connectivity index (χ1v) is 6.69. The monoisotopic (exact) mass is 277 g/mol. The van der Waals surface area contributed by atoms with Crippen LogP contribution in [-0.4, -0.2) is 32.0 Å². The second-order valence-corrected chi connectivity index (χ2v) is 5.01. The standard InChI is InChI=1S/C15H16FNO3/c1-10-9-20-15(18)17(10)12-2-3-13(14(16)8-12)11-4-6-19-7-5-11/h2-4,8,10H,5-7,9H2,1H3. The Morgan fingerprint density at radius 1 is 1.40 bits per heavy atom. The number of benzene rings is 1. The second-order valence-electron chi connectivity index (χ2n) is 5.01. The number of rotatable bonds is 2. The molecule has 1 aromatic carbocycles. The maximum Gasteiger partial charge on any atom is 0.414 e. The van der Waals surface area contributed by atoms with Gasteiger partial charge in [0.15, 0.2) is 0 Å². The Labute approximate surface area is 116 Å². The van der Waals surface area contributed by atoms with E-state index in [0.717, 1.165) is 5.57 Å². The molecule has 1 atom stereocenters. The molecule has 1 amide bonds. The molecule has 5 heteroatoms. The number of ether oxygens (including phenoxy) is 2.